The van der Waals surface area contributed by atoms with Crippen molar-refractivity contribution in [3.63, 3.8) is 0 Å². The molecule has 3 rings (SSSR count). The molecule has 7 nitrogen and oxygen atoms in total. The van der Waals surface area contributed by atoms with Gasteiger partial charge in [0, 0.05) is 24.8 Å². The van der Waals surface area contributed by atoms with Crippen molar-refractivity contribution in [1.29, 1.82) is 0 Å². The van der Waals surface area contributed by atoms with E-state index < -0.39 is 12.1 Å². The summed E-state index contributed by atoms with van der Waals surface area (Å²) in [7, 11) is 1.56. The topological polar surface area (TPSA) is 80.8 Å². The first kappa shape index (κ1) is 18.8. The van der Waals surface area contributed by atoms with Crippen LogP contribution in [0.3, 0.4) is 0 Å². The Bertz CT molecular complexity index is 797. The number of likely N-dealkylation sites (N-methyl/N-ethyl adjacent to an activating group) is 1. The van der Waals surface area contributed by atoms with Crippen LogP contribution in [0.1, 0.15) is 24.1 Å². The van der Waals surface area contributed by atoms with Gasteiger partial charge in [0.15, 0.2) is 6.10 Å². The van der Waals surface area contributed by atoms with Crippen LogP contribution in [0.5, 0.6) is 5.75 Å². The highest BCUT2D eigenvalue weighted by atomic mass is 16.5. The van der Waals surface area contributed by atoms with Crippen LogP contribution >= 0.6 is 0 Å². The summed E-state index contributed by atoms with van der Waals surface area (Å²) in [5.74, 6) is 0.215. The van der Waals surface area contributed by atoms with E-state index >= 15 is 0 Å². The number of amides is 2. The molecule has 0 bridgehead atoms. The molecular weight excluding hydrogens is 346 g/mol. The predicted molar refractivity (Wildman–Crippen MR) is 98.9 cm³/mol. The van der Waals surface area contributed by atoms with Gasteiger partial charge in [-0.05, 0) is 18.6 Å². The number of nitrogens with zero attached hydrogens (tertiary/aromatic N) is 2. The maximum atomic E-state index is 12.9. The summed E-state index contributed by atoms with van der Waals surface area (Å²) < 4.78 is 10.9. The zero-order chi connectivity index (χ0) is 19.2. The number of methoxy groups -OCH3 is 1. The third-order valence-corrected chi connectivity index (χ3v) is 4.61. The number of benzene rings is 1. The summed E-state index contributed by atoms with van der Waals surface area (Å²) in [5, 5.41) is 2.89. The first-order chi connectivity index (χ1) is 13.2. The third kappa shape index (κ3) is 4.09. The van der Waals surface area contributed by atoms with Crippen LogP contribution in [0.4, 0.5) is 0 Å². The largest absolute Gasteiger partial charge is 0.495 e. The summed E-state index contributed by atoms with van der Waals surface area (Å²) >= 11 is 0. The van der Waals surface area contributed by atoms with Crippen molar-refractivity contribution in [2.24, 2.45) is 0 Å². The van der Waals surface area contributed by atoms with Gasteiger partial charge in [-0.2, -0.15) is 0 Å². The molecule has 1 N–H and O–H groups in total. The molecule has 0 aliphatic carbocycles. The van der Waals surface area contributed by atoms with E-state index in [1.807, 2.05) is 37.3 Å². The minimum atomic E-state index is -0.780. The molecule has 7 heteroatoms. The molecule has 1 fully saturated rings. The van der Waals surface area contributed by atoms with E-state index in [2.05, 4.69) is 10.3 Å². The number of pyridine rings is 1. The molecule has 2 heterocycles. The van der Waals surface area contributed by atoms with Crippen LogP contribution in [0.15, 0.2) is 48.8 Å². The summed E-state index contributed by atoms with van der Waals surface area (Å²) in [5.41, 5.74) is 1.69. The molecule has 0 radical (unpaired) electrons. The van der Waals surface area contributed by atoms with Crippen LogP contribution < -0.4 is 10.1 Å². The molecule has 1 aromatic carbocycles. The standard InChI is InChI=1S/C20H23N3O4/c1-3-23-17(24)13-27-19(18(23)14-7-5-4-6-8-14)20(25)22-11-15-9-10-21-12-16(15)26-2/h4-10,12,18-19H,3,11,13H2,1-2H3,(H,22,25)/t18-,19+/m1/s1. The molecule has 2 atom stereocenters. The van der Waals surface area contributed by atoms with Gasteiger partial charge in [0.05, 0.1) is 19.3 Å². The van der Waals surface area contributed by atoms with Gasteiger partial charge in [-0.25, -0.2) is 0 Å². The molecule has 1 aliphatic rings. The maximum Gasteiger partial charge on any atom is 0.251 e. The summed E-state index contributed by atoms with van der Waals surface area (Å²) in [4.78, 5) is 30.9. The van der Waals surface area contributed by atoms with Gasteiger partial charge in [0.25, 0.3) is 5.91 Å². The molecule has 1 aliphatic heterocycles. The lowest BCUT2D eigenvalue weighted by atomic mass is 9.97. The Hall–Kier alpha value is -2.93. The molecule has 2 amide bonds. The number of hydrogen-bond acceptors (Lipinski definition) is 5. The van der Waals surface area contributed by atoms with Crippen molar-refractivity contribution in [1.82, 2.24) is 15.2 Å². The van der Waals surface area contributed by atoms with Crippen LogP contribution in [-0.4, -0.2) is 48.1 Å². The van der Waals surface area contributed by atoms with Crippen LogP contribution in [0.25, 0.3) is 0 Å². The normalized spacial score (nSPS) is 19.6. The quantitative estimate of drug-likeness (QED) is 0.838. The van der Waals surface area contributed by atoms with Gasteiger partial charge in [-0.15, -0.1) is 0 Å². The highest BCUT2D eigenvalue weighted by Crippen LogP contribution is 2.30. The van der Waals surface area contributed by atoms with Gasteiger partial charge in [0.1, 0.15) is 12.4 Å². The number of aromatic nitrogens is 1. The molecular formula is C20H23N3O4. The number of hydrogen-bond donors (Lipinski definition) is 1. The van der Waals surface area contributed by atoms with Crippen molar-refractivity contribution in [3.05, 3.63) is 59.9 Å². The zero-order valence-electron chi connectivity index (χ0n) is 15.4. The fourth-order valence-electron chi connectivity index (χ4n) is 3.27. The summed E-state index contributed by atoms with van der Waals surface area (Å²) in [6.07, 6.45) is 2.46. The second kappa shape index (κ2) is 8.64. The fourth-order valence-corrected chi connectivity index (χ4v) is 3.27. The van der Waals surface area contributed by atoms with E-state index in [4.69, 9.17) is 9.47 Å². The highest BCUT2D eigenvalue weighted by molar-refractivity contribution is 5.86. The lowest BCUT2D eigenvalue weighted by Crippen LogP contribution is -2.54. The minimum Gasteiger partial charge on any atom is -0.495 e. The lowest BCUT2D eigenvalue weighted by Gasteiger charge is -2.40. The minimum absolute atomic E-state index is 0.103. The first-order valence-corrected chi connectivity index (χ1v) is 8.86. The Labute approximate surface area is 158 Å². The zero-order valence-corrected chi connectivity index (χ0v) is 15.4. The van der Waals surface area contributed by atoms with Gasteiger partial charge >= 0.3 is 0 Å². The molecule has 0 unspecified atom stereocenters. The van der Waals surface area contributed by atoms with Gasteiger partial charge in [0.2, 0.25) is 5.91 Å². The maximum absolute atomic E-state index is 12.9. The second-order valence-electron chi connectivity index (χ2n) is 6.17. The van der Waals surface area contributed by atoms with E-state index in [0.29, 0.717) is 12.3 Å². The van der Waals surface area contributed by atoms with Crippen LogP contribution in [0.2, 0.25) is 0 Å². The van der Waals surface area contributed by atoms with E-state index in [1.54, 1.807) is 30.5 Å². The van der Waals surface area contributed by atoms with E-state index in [1.165, 1.54) is 0 Å². The van der Waals surface area contributed by atoms with Gasteiger partial charge in [-0.1, -0.05) is 30.3 Å². The lowest BCUT2D eigenvalue weighted by molar-refractivity contribution is -0.164. The molecule has 142 valence electrons. The Morgan fingerprint density at radius 1 is 1.33 bits per heavy atom. The Kier molecular flexibility index (Phi) is 6.03. The number of rotatable bonds is 6. The number of nitrogens with one attached hydrogen (secondary N) is 1. The number of carbonyl (C=O) groups is 2. The van der Waals surface area contributed by atoms with Crippen molar-refractivity contribution in [2.45, 2.75) is 25.6 Å². The number of morpholine rings is 1. The van der Waals surface area contributed by atoms with Gasteiger partial charge in [-0.3, -0.25) is 14.6 Å². The number of ether oxygens (including phenoxy) is 2. The number of carbonyl (C=O) groups excluding carboxylic acids is 2. The molecule has 1 saturated heterocycles. The van der Waals surface area contributed by atoms with E-state index in [9.17, 15) is 9.59 Å². The van der Waals surface area contributed by atoms with E-state index in [-0.39, 0.29) is 25.0 Å². The van der Waals surface area contributed by atoms with E-state index in [0.717, 1.165) is 11.1 Å². The van der Waals surface area contributed by atoms with Crippen molar-refractivity contribution < 1.29 is 19.1 Å². The van der Waals surface area contributed by atoms with Crippen LogP contribution in [0, 0.1) is 0 Å². The Morgan fingerprint density at radius 3 is 2.81 bits per heavy atom. The average Bonchev–Trinajstić information content (AvgIpc) is 2.72. The monoisotopic (exact) mass is 369 g/mol. The average molecular weight is 369 g/mol. The second-order valence-corrected chi connectivity index (χ2v) is 6.17. The molecule has 2 aromatic rings. The summed E-state index contributed by atoms with van der Waals surface area (Å²) in [6, 6.07) is 10.8. The molecule has 27 heavy (non-hydrogen) atoms. The summed E-state index contributed by atoms with van der Waals surface area (Å²) in [6.45, 7) is 2.58. The molecule has 0 spiro atoms. The third-order valence-electron chi connectivity index (χ3n) is 4.61. The fraction of sp³-hybridized carbons (Fsp3) is 0.350. The SMILES string of the molecule is CCN1C(=O)CO[C@H](C(=O)NCc2ccncc2OC)[C@H]1c1ccccc1. The molecule has 1 aromatic heterocycles. The highest BCUT2D eigenvalue weighted by Gasteiger charge is 2.40. The van der Waals surface area contributed by atoms with Gasteiger partial charge < -0.3 is 19.7 Å². The van der Waals surface area contributed by atoms with Crippen molar-refractivity contribution >= 4 is 11.8 Å². The van der Waals surface area contributed by atoms with Crippen molar-refractivity contribution in [2.75, 3.05) is 20.3 Å². The Balaban J connectivity index is 1.80. The first-order valence-electron chi connectivity index (χ1n) is 8.86. The Morgan fingerprint density at radius 2 is 2.11 bits per heavy atom. The van der Waals surface area contributed by atoms with Crippen molar-refractivity contribution in [3.8, 4) is 5.75 Å². The smallest absolute Gasteiger partial charge is 0.251 e. The predicted octanol–water partition coefficient (Wildman–Crippen LogP) is 1.69. The van der Waals surface area contributed by atoms with Crippen LogP contribution in [-0.2, 0) is 20.9 Å². The molecule has 0 saturated carbocycles.